The van der Waals surface area contributed by atoms with Gasteiger partial charge < -0.3 is 25.8 Å². The van der Waals surface area contributed by atoms with Crippen LogP contribution in [0, 0.1) is 0 Å². The Balaban J connectivity index is 2.21. The fourth-order valence-electron chi connectivity index (χ4n) is 2.64. The van der Waals surface area contributed by atoms with Crippen LogP contribution in [0.25, 0.3) is 0 Å². The maximum atomic E-state index is 5.56. The van der Waals surface area contributed by atoms with Crippen molar-refractivity contribution in [3.8, 4) is 11.5 Å². The molecule has 0 atom stereocenters. The van der Waals surface area contributed by atoms with Gasteiger partial charge in [0.05, 0.1) is 7.11 Å². The van der Waals surface area contributed by atoms with Crippen molar-refractivity contribution >= 4 is 17.3 Å². The predicted octanol–water partition coefficient (Wildman–Crippen LogP) is 3.75. The first-order valence-electron chi connectivity index (χ1n) is 9.72. The van der Waals surface area contributed by atoms with Crippen LogP contribution in [0.1, 0.15) is 57.4 Å². The van der Waals surface area contributed by atoms with Crippen molar-refractivity contribution in [3.05, 3.63) is 23.8 Å². The van der Waals surface area contributed by atoms with Crippen LogP contribution in [-0.2, 0) is 6.54 Å². The molecule has 0 amide bonds. The fourth-order valence-corrected chi connectivity index (χ4v) is 2.81. The van der Waals surface area contributed by atoms with Gasteiger partial charge in [0.2, 0.25) is 0 Å². The molecular weight excluding hydrogens is 346 g/mol. The highest BCUT2D eigenvalue weighted by molar-refractivity contribution is 7.80. The van der Waals surface area contributed by atoms with Crippen molar-refractivity contribution in [2.75, 3.05) is 26.8 Å². The zero-order valence-corrected chi connectivity index (χ0v) is 17.1. The normalized spacial score (nSPS) is 10.4. The van der Waals surface area contributed by atoms with Crippen LogP contribution in [0.5, 0.6) is 11.5 Å². The summed E-state index contributed by atoms with van der Waals surface area (Å²) in [4.78, 5) is 0. The van der Waals surface area contributed by atoms with Gasteiger partial charge in [0, 0.05) is 19.6 Å². The quantitative estimate of drug-likeness (QED) is 0.337. The molecule has 0 aliphatic carbocycles. The van der Waals surface area contributed by atoms with Gasteiger partial charge in [-0.2, -0.15) is 0 Å². The average molecular weight is 382 g/mol. The molecule has 148 valence electrons. The molecule has 26 heavy (non-hydrogen) atoms. The maximum Gasteiger partial charge on any atom is 0.166 e. The smallest absolute Gasteiger partial charge is 0.166 e. The van der Waals surface area contributed by atoms with Gasteiger partial charge >= 0.3 is 0 Å². The lowest BCUT2D eigenvalue weighted by molar-refractivity contribution is 0.302. The number of hydrogen-bond acceptors (Lipinski definition) is 4. The van der Waals surface area contributed by atoms with Crippen LogP contribution in [0.3, 0.4) is 0 Å². The molecule has 0 radical (unpaired) electrons. The minimum absolute atomic E-state index is 0.473. The highest BCUT2D eigenvalue weighted by atomic mass is 32.1. The third-order valence-corrected chi connectivity index (χ3v) is 4.41. The van der Waals surface area contributed by atoms with Crippen molar-refractivity contribution in [1.82, 2.24) is 10.6 Å². The van der Waals surface area contributed by atoms with Gasteiger partial charge in [0.25, 0.3) is 0 Å². The van der Waals surface area contributed by atoms with Gasteiger partial charge in [-0.25, -0.2) is 0 Å². The molecule has 0 spiro atoms. The molecule has 1 aromatic rings. The van der Waals surface area contributed by atoms with Gasteiger partial charge in [-0.15, -0.1) is 0 Å². The predicted molar refractivity (Wildman–Crippen MR) is 113 cm³/mol. The zero-order valence-electron chi connectivity index (χ0n) is 16.3. The Morgan fingerprint density at radius 1 is 1.04 bits per heavy atom. The molecule has 1 aromatic carbocycles. The summed E-state index contributed by atoms with van der Waals surface area (Å²) in [6, 6.07) is 5.86. The number of hydrogen-bond donors (Lipinski definition) is 3. The molecule has 0 aliphatic heterocycles. The first-order chi connectivity index (χ1) is 12.7. The van der Waals surface area contributed by atoms with Crippen LogP contribution in [0.2, 0.25) is 0 Å². The van der Waals surface area contributed by atoms with Crippen LogP contribution in [0.15, 0.2) is 18.2 Å². The Hall–Kier alpha value is -1.53. The Morgan fingerprint density at radius 2 is 1.77 bits per heavy atom. The second kappa shape index (κ2) is 14.6. The van der Waals surface area contributed by atoms with E-state index in [9.17, 15) is 0 Å². The number of ether oxygens (including phenoxy) is 2. The number of benzene rings is 1. The average Bonchev–Trinajstić information content (AvgIpc) is 2.67. The summed E-state index contributed by atoms with van der Waals surface area (Å²) in [5, 5.41) is 7.20. The summed E-state index contributed by atoms with van der Waals surface area (Å²) in [7, 11) is 1.64. The first-order valence-corrected chi connectivity index (χ1v) is 10.1. The van der Waals surface area contributed by atoms with Crippen LogP contribution in [0.4, 0.5) is 0 Å². The molecule has 0 fully saturated rings. The van der Waals surface area contributed by atoms with E-state index in [-0.39, 0.29) is 0 Å². The number of unbranched alkanes of at least 4 members (excludes halogenated alkanes) is 6. The molecule has 1 rings (SSSR count). The summed E-state index contributed by atoms with van der Waals surface area (Å²) >= 11 is 5.34. The summed E-state index contributed by atoms with van der Waals surface area (Å²) in [6.45, 7) is 4.77. The SMILES string of the molecule is CCCCCCCCCNC(=S)NCc1ccc(OCCN)c(OC)c1. The lowest BCUT2D eigenvalue weighted by Crippen LogP contribution is -2.35. The Kier molecular flexibility index (Phi) is 12.7. The van der Waals surface area contributed by atoms with Crippen molar-refractivity contribution in [3.63, 3.8) is 0 Å². The highest BCUT2D eigenvalue weighted by Gasteiger charge is 2.06. The largest absolute Gasteiger partial charge is 0.493 e. The summed E-state index contributed by atoms with van der Waals surface area (Å²) in [5.41, 5.74) is 6.55. The Morgan fingerprint density at radius 3 is 2.46 bits per heavy atom. The number of methoxy groups -OCH3 is 1. The second-order valence-corrected chi connectivity index (χ2v) is 6.76. The van der Waals surface area contributed by atoms with Crippen molar-refractivity contribution < 1.29 is 9.47 Å². The molecule has 5 nitrogen and oxygen atoms in total. The second-order valence-electron chi connectivity index (χ2n) is 6.35. The van der Waals surface area contributed by atoms with Gasteiger partial charge in [-0.3, -0.25) is 0 Å². The zero-order chi connectivity index (χ0) is 19.0. The van der Waals surface area contributed by atoms with E-state index in [0.717, 1.165) is 18.5 Å². The number of nitrogens with one attached hydrogen (secondary N) is 2. The van der Waals surface area contributed by atoms with E-state index in [1.165, 1.54) is 38.5 Å². The van der Waals surface area contributed by atoms with Crippen LogP contribution in [-0.4, -0.2) is 31.9 Å². The molecule has 0 aliphatic rings. The highest BCUT2D eigenvalue weighted by Crippen LogP contribution is 2.27. The van der Waals surface area contributed by atoms with E-state index < -0.39 is 0 Å². The van der Waals surface area contributed by atoms with Gasteiger partial charge in [0.15, 0.2) is 16.6 Å². The van der Waals surface area contributed by atoms with Gasteiger partial charge in [0.1, 0.15) is 6.61 Å². The van der Waals surface area contributed by atoms with Gasteiger partial charge in [-0.05, 0) is 36.3 Å². The summed E-state index contributed by atoms with van der Waals surface area (Å²) in [5.74, 6) is 1.42. The number of rotatable bonds is 14. The molecule has 0 saturated heterocycles. The molecule has 6 heteroatoms. The Bertz CT molecular complexity index is 512. The molecule has 0 bridgehead atoms. The maximum absolute atomic E-state index is 5.56. The minimum Gasteiger partial charge on any atom is -0.493 e. The van der Waals surface area contributed by atoms with E-state index in [1.54, 1.807) is 7.11 Å². The molecular formula is C20H35N3O2S. The minimum atomic E-state index is 0.473. The summed E-state index contributed by atoms with van der Waals surface area (Å²) < 4.78 is 10.9. The standard InChI is InChI=1S/C20H35N3O2S/c1-3-4-5-6-7-8-9-13-22-20(26)23-16-17-10-11-18(25-14-12-21)19(15-17)24-2/h10-11,15H,3-9,12-14,16,21H2,1-2H3,(H2,22,23,26). The molecule has 0 aromatic heterocycles. The lowest BCUT2D eigenvalue weighted by Gasteiger charge is -2.13. The molecule has 4 N–H and O–H groups in total. The van der Waals surface area contributed by atoms with E-state index in [0.29, 0.717) is 36.3 Å². The topological polar surface area (TPSA) is 68.5 Å². The summed E-state index contributed by atoms with van der Waals surface area (Å²) in [6.07, 6.45) is 9.12. The van der Waals surface area contributed by atoms with E-state index in [1.807, 2.05) is 18.2 Å². The molecule has 0 heterocycles. The third-order valence-electron chi connectivity index (χ3n) is 4.12. The number of nitrogens with two attached hydrogens (primary N) is 1. The van der Waals surface area contributed by atoms with Crippen LogP contribution >= 0.6 is 12.2 Å². The van der Waals surface area contributed by atoms with Crippen molar-refractivity contribution in [2.24, 2.45) is 5.73 Å². The van der Waals surface area contributed by atoms with E-state index in [4.69, 9.17) is 27.4 Å². The van der Waals surface area contributed by atoms with Crippen molar-refractivity contribution in [1.29, 1.82) is 0 Å². The Labute approximate surface area is 164 Å². The van der Waals surface area contributed by atoms with Gasteiger partial charge in [-0.1, -0.05) is 51.5 Å². The molecule has 0 saturated carbocycles. The van der Waals surface area contributed by atoms with E-state index in [2.05, 4.69) is 17.6 Å². The fraction of sp³-hybridized carbons (Fsp3) is 0.650. The third kappa shape index (κ3) is 9.82. The molecule has 0 unspecified atom stereocenters. The number of thiocarbonyl (C=S) groups is 1. The lowest BCUT2D eigenvalue weighted by atomic mass is 10.1. The monoisotopic (exact) mass is 381 g/mol. The van der Waals surface area contributed by atoms with Crippen LogP contribution < -0.4 is 25.8 Å². The first kappa shape index (κ1) is 22.5. The van der Waals surface area contributed by atoms with E-state index >= 15 is 0 Å². The van der Waals surface area contributed by atoms with Crippen molar-refractivity contribution in [2.45, 2.75) is 58.4 Å².